The lowest BCUT2D eigenvalue weighted by Gasteiger charge is -2.38. The smallest absolute Gasteiger partial charge is 0.268 e. The van der Waals surface area contributed by atoms with Crippen molar-refractivity contribution in [2.24, 2.45) is 0 Å². The van der Waals surface area contributed by atoms with Gasteiger partial charge in [-0.1, -0.05) is 54.6 Å². The average Bonchev–Trinajstić information content (AvgIpc) is 2.79. The molecule has 0 saturated heterocycles. The second kappa shape index (κ2) is 8.64. The van der Waals surface area contributed by atoms with E-state index in [-0.39, 0.29) is 11.8 Å². The van der Waals surface area contributed by atoms with Crippen LogP contribution < -0.4 is 14.5 Å². The van der Waals surface area contributed by atoms with Crippen molar-refractivity contribution >= 4 is 23.2 Å². The van der Waals surface area contributed by atoms with Gasteiger partial charge in [0, 0.05) is 5.69 Å². The zero-order valence-electron chi connectivity index (χ0n) is 18.0. The third-order valence-electron chi connectivity index (χ3n) is 5.53. The molecular weight excluding hydrogens is 388 g/mol. The Morgan fingerprint density at radius 3 is 2.35 bits per heavy atom. The SMILES string of the molecule is Cc1ccc2c(c1)OC(C)C(=O)N2C(C)C(=O)N(Cc1ccccc1)c1ccccc1. The number of fused-ring (bicyclic) bond motifs is 1. The minimum atomic E-state index is -0.691. The van der Waals surface area contributed by atoms with E-state index in [0.717, 1.165) is 16.8 Å². The first kappa shape index (κ1) is 20.7. The van der Waals surface area contributed by atoms with Crippen LogP contribution in [0.5, 0.6) is 5.75 Å². The quantitative estimate of drug-likeness (QED) is 0.606. The third kappa shape index (κ3) is 4.17. The summed E-state index contributed by atoms with van der Waals surface area (Å²) in [5.74, 6) is 0.259. The molecule has 1 heterocycles. The standard InChI is InChI=1S/C26H26N2O3/c1-18-14-15-23-24(16-18)31-20(3)26(30)28(23)19(2)25(29)27(22-12-8-5-9-13-22)17-21-10-6-4-7-11-21/h4-16,19-20H,17H2,1-3H3. The van der Waals surface area contributed by atoms with E-state index < -0.39 is 12.1 Å². The number of hydrogen-bond acceptors (Lipinski definition) is 3. The summed E-state index contributed by atoms with van der Waals surface area (Å²) in [6, 6.07) is 24.4. The van der Waals surface area contributed by atoms with Gasteiger partial charge in [-0.2, -0.15) is 0 Å². The Morgan fingerprint density at radius 1 is 1.03 bits per heavy atom. The summed E-state index contributed by atoms with van der Waals surface area (Å²) in [4.78, 5) is 30.1. The van der Waals surface area contributed by atoms with E-state index in [9.17, 15) is 9.59 Å². The number of para-hydroxylation sites is 1. The number of carbonyl (C=O) groups excluding carboxylic acids is 2. The molecule has 2 unspecified atom stereocenters. The highest BCUT2D eigenvalue weighted by molar-refractivity contribution is 6.08. The number of anilines is 2. The van der Waals surface area contributed by atoms with E-state index in [0.29, 0.717) is 18.0 Å². The Kier molecular flexibility index (Phi) is 5.76. The lowest BCUT2D eigenvalue weighted by atomic mass is 10.1. The fraction of sp³-hybridized carbons (Fsp3) is 0.231. The molecular formula is C26H26N2O3. The van der Waals surface area contributed by atoms with Crippen molar-refractivity contribution < 1.29 is 14.3 Å². The highest BCUT2D eigenvalue weighted by Crippen LogP contribution is 2.36. The van der Waals surface area contributed by atoms with Crippen LogP contribution in [0.1, 0.15) is 25.0 Å². The average molecular weight is 415 g/mol. The zero-order valence-corrected chi connectivity index (χ0v) is 18.0. The third-order valence-corrected chi connectivity index (χ3v) is 5.53. The summed E-state index contributed by atoms with van der Waals surface area (Å²) in [7, 11) is 0. The second-order valence-electron chi connectivity index (χ2n) is 7.86. The molecule has 0 radical (unpaired) electrons. The van der Waals surface area contributed by atoms with Crippen molar-refractivity contribution in [1.82, 2.24) is 0 Å². The van der Waals surface area contributed by atoms with Crippen LogP contribution in [0.2, 0.25) is 0 Å². The molecule has 5 nitrogen and oxygen atoms in total. The summed E-state index contributed by atoms with van der Waals surface area (Å²) in [5.41, 5.74) is 3.47. The summed E-state index contributed by atoms with van der Waals surface area (Å²) in [6.45, 7) is 5.89. The minimum absolute atomic E-state index is 0.149. The Balaban J connectivity index is 1.71. The molecule has 0 bridgehead atoms. The molecule has 4 rings (SSSR count). The number of benzene rings is 3. The molecule has 0 N–H and O–H groups in total. The molecule has 158 valence electrons. The topological polar surface area (TPSA) is 49.9 Å². The lowest BCUT2D eigenvalue weighted by Crippen LogP contribution is -2.54. The number of carbonyl (C=O) groups is 2. The first-order valence-electron chi connectivity index (χ1n) is 10.5. The fourth-order valence-corrected chi connectivity index (χ4v) is 3.88. The lowest BCUT2D eigenvalue weighted by molar-refractivity contribution is -0.129. The van der Waals surface area contributed by atoms with E-state index in [1.165, 1.54) is 0 Å². The van der Waals surface area contributed by atoms with Crippen LogP contribution in [-0.2, 0) is 16.1 Å². The van der Waals surface area contributed by atoms with Crippen LogP contribution in [0, 0.1) is 6.92 Å². The van der Waals surface area contributed by atoms with Gasteiger partial charge in [0.05, 0.1) is 12.2 Å². The van der Waals surface area contributed by atoms with Gasteiger partial charge in [0.15, 0.2) is 6.10 Å². The maximum atomic E-state index is 13.8. The summed E-state index contributed by atoms with van der Waals surface area (Å²) in [5, 5.41) is 0. The molecule has 1 aliphatic rings. The van der Waals surface area contributed by atoms with Crippen molar-refractivity contribution in [3.63, 3.8) is 0 Å². The van der Waals surface area contributed by atoms with Gasteiger partial charge in [-0.25, -0.2) is 0 Å². The molecule has 3 aromatic rings. The summed E-state index contributed by atoms with van der Waals surface area (Å²) in [6.07, 6.45) is -0.649. The fourth-order valence-electron chi connectivity index (χ4n) is 3.88. The molecule has 0 aliphatic carbocycles. The maximum absolute atomic E-state index is 13.8. The number of ether oxygens (including phenoxy) is 1. The van der Waals surface area contributed by atoms with Gasteiger partial charge >= 0.3 is 0 Å². The van der Waals surface area contributed by atoms with E-state index in [2.05, 4.69) is 0 Å². The molecule has 3 aromatic carbocycles. The molecule has 1 aliphatic heterocycles. The van der Waals surface area contributed by atoms with Crippen molar-refractivity contribution in [2.75, 3.05) is 9.80 Å². The van der Waals surface area contributed by atoms with E-state index in [4.69, 9.17) is 4.74 Å². The van der Waals surface area contributed by atoms with Crippen LogP contribution in [-0.4, -0.2) is 24.0 Å². The van der Waals surface area contributed by atoms with Crippen molar-refractivity contribution in [2.45, 2.75) is 39.5 Å². The number of rotatable bonds is 5. The monoisotopic (exact) mass is 414 g/mol. The second-order valence-corrected chi connectivity index (χ2v) is 7.86. The van der Waals surface area contributed by atoms with Gasteiger partial charge in [-0.3, -0.25) is 14.5 Å². The van der Waals surface area contributed by atoms with Gasteiger partial charge in [0.1, 0.15) is 11.8 Å². The Hall–Kier alpha value is -3.60. The van der Waals surface area contributed by atoms with Crippen LogP contribution in [0.4, 0.5) is 11.4 Å². The van der Waals surface area contributed by atoms with Crippen molar-refractivity contribution in [1.29, 1.82) is 0 Å². The van der Waals surface area contributed by atoms with Gasteiger partial charge in [0.2, 0.25) is 5.91 Å². The molecule has 2 amide bonds. The highest BCUT2D eigenvalue weighted by Gasteiger charge is 2.38. The molecule has 31 heavy (non-hydrogen) atoms. The number of hydrogen-bond donors (Lipinski definition) is 0. The number of nitrogens with zero attached hydrogens (tertiary/aromatic N) is 2. The van der Waals surface area contributed by atoms with Gasteiger partial charge < -0.3 is 9.64 Å². The van der Waals surface area contributed by atoms with E-state index in [1.807, 2.05) is 85.8 Å². The maximum Gasteiger partial charge on any atom is 0.268 e. The molecule has 0 aromatic heterocycles. The Labute approximate surface area is 182 Å². The first-order valence-corrected chi connectivity index (χ1v) is 10.5. The molecule has 2 atom stereocenters. The first-order chi connectivity index (χ1) is 15.0. The van der Waals surface area contributed by atoms with Crippen LogP contribution in [0.3, 0.4) is 0 Å². The van der Waals surface area contributed by atoms with Crippen LogP contribution in [0.25, 0.3) is 0 Å². The Morgan fingerprint density at radius 2 is 1.68 bits per heavy atom. The highest BCUT2D eigenvalue weighted by atomic mass is 16.5. The van der Waals surface area contributed by atoms with Gasteiger partial charge in [-0.15, -0.1) is 0 Å². The molecule has 0 fully saturated rings. The van der Waals surface area contributed by atoms with Gasteiger partial charge in [0.25, 0.3) is 5.91 Å². The zero-order chi connectivity index (χ0) is 22.0. The largest absolute Gasteiger partial charge is 0.479 e. The van der Waals surface area contributed by atoms with Crippen LogP contribution >= 0.6 is 0 Å². The minimum Gasteiger partial charge on any atom is -0.479 e. The van der Waals surface area contributed by atoms with E-state index >= 15 is 0 Å². The predicted molar refractivity (Wildman–Crippen MR) is 122 cm³/mol. The normalized spacial score (nSPS) is 16.3. The number of amides is 2. The van der Waals surface area contributed by atoms with Gasteiger partial charge in [-0.05, 0) is 56.2 Å². The van der Waals surface area contributed by atoms with Crippen molar-refractivity contribution in [3.05, 3.63) is 90.0 Å². The molecule has 5 heteroatoms. The molecule has 0 spiro atoms. The molecule has 0 saturated carbocycles. The van der Waals surface area contributed by atoms with E-state index in [1.54, 1.807) is 23.6 Å². The number of aryl methyl sites for hydroxylation is 1. The van der Waals surface area contributed by atoms with Crippen LogP contribution in [0.15, 0.2) is 78.9 Å². The summed E-state index contributed by atoms with van der Waals surface area (Å²) < 4.78 is 5.81. The summed E-state index contributed by atoms with van der Waals surface area (Å²) >= 11 is 0. The van der Waals surface area contributed by atoms with Crippen molar-refractivity contribution in [3.8, 4) is 5.75 Å². The predicted octanol–water partition coefficient (Wildman–Crippen LogP) is 4.73. The Bertz CT molecular complexity index is 1080.